The van der Waals surface area contributed by atoms with Crippen LogP contribution in [0.2, 0.25) is 0 Å². The molecule has 0 spiro atoms. The molecule has 0 unspecified atom stereocenters. The highest BCUT2D eigenvalue weighted by Crippen LogP contribution is 2.21. The molecule has 0 saturated carbocycles. The van der Waals surface area contributed by atoms with E-state index in [0.29, 0.717) is 6.54 Å². The first-order valence-electron chi connectivity index (χ1n) is 6.50. The number of para-hydroxylation sites is 1. The van der Waals surface area contributed by atoms with Crippen LogP contribution in [0.15, 0.2) is 24.3 Å². The van der Waals surface area contributed by atoms with Gasteiger partial charge in [0, 0.05) is 32.4 Å². The summed E-state index contributed by atoms with van der Waals surface area (Å²) in [6, 6.07) is 8.31. The molecule has 1 amide bonds. The first-order chi connectivity index (χ1) is 8.72. The Labute approximate surface area is 109 Å². The second-order valence-electron chi connectivity index (χ2n) is 4.65. The zero-order chi connectivity index (χ0) is 13.0. The van der Waals surface area contributed by atoms with E-state index >= 15 is 0 Å². The van der Waals surface area contributed by atoms with E-state index < -0.39 is 0 Å². The monoisotopic (exact) mass is 247 g/mol. The van der Waals surface area contributed by atoms with Crippen LogP contribution in [0.3, 0.4) is 0 Å². The molecule has 4 heteroatoms. The van der Waals surface area contributed by atoms with Crippen molar-refractivity contribution < 1.29 is 4.79 Å². The Morgan fingerprint density at radius 3 is 2.78 bits per heavy atom. The van der Waals surface area contributed by atoms with Crippen molar-refractivity contribution in [3.05, 3.63) is 29.8 Å². The molecule has 1 heterocycles. The number of amides is 1. The van der Waals surface area contributed by atoms with Gasteiger partial charge in [-0.05, 0) is 18.2 Å². The number of rotatable bonds is 4. The summed E-state index contributed by atoms with van der Waals surface area (Å²) in [5.41, 5.74) is 2.44. The normalized spacial score (nSPS) is 16.2. The van der Waals surface area contributed by atoms with Crippen LogP contribution in [-0.4, -0.2) is 44.0 Å². The minimum atomic E-state index is 0.194. The van der Waals surface area contributed by atoms with Crippen LogP contribution in [0.25, 0.3) is 0 Å². The van der Waals surface area contributed by atoms with Crippen molar-refractivity contribution in [3.8, 4) is 0 Å². The maximum absolute atomic E-state index is 11.8. The highest BCUT2D eigenvalue weighted by atomic mass is 16.2. The average Bonchev–Trinajstić information content (AvgIpc) is 2.40. The summed E-state index contributed by atoms with van der Waals surface area (Å²) in [4.78, 5) is 15.7. The van der Waals surface area contributed by atoms with Crippen molar-refractivity contribution in [1.29, 1.82) is 0 Å². The molecule has 0 bridgehead atoms. The molecule has 1 aliphatic rings. The minimum absolute atomic E-state index is 0.194. The number of hydrogen-bond donors (Lipinski definition) is 1. The topological polar surface area (TPSA) is 35.6 Å². The Hall–Kier alpha value is -1.55. The molecule has 1 N–H and O–H groups in total. The van der Waals surface area contributed by atoms with E-state index in [2.05, 4.69) is 29.3 Å². The lowest BCUT2D eigenvalue weighted by Gasteiger charge is -2.34. The van der Waals surface area contributed by atoms with Crippen molar-refractivity contribution in [2.24, 2.45) is 0 Å². The molecular formula is C14H21N3O. The molecule has 0 aliphatic carbocycles. The second kappa shape index (κ2) is 5.87. The van der Waals surface area contributed by atoms with Gasteiger partial charge in [-0.1, -0.05) is 25.1 Å². The molecule has 1 saturated heterocycles. The summed E-state index contributed by atoms with van der Waals surface area (Å²) in [6.45, 7) is 6.10. The highest BCUT2D eigenvalue weighted by Gasteiger charge is 2.22. The van der Waals surface area contributed by atoms with E-state index in [4.69, 9.17) is 0 Å². The van der Waals surface area contributed by atoms with E-state index in [9.17, 15) is 4.79 Å². The fourth-order valence-electron chi connectivity index (χ4n) is 2.19. The molecule has 2 rings (SSSR count). The number of nitrogens with one attached hydrogen (secondary N) is 1. The van der Waals surface area contributed by atoms with Crippen molar-refractivity contribution in [2.75, 3.05) is 38.1 Å². The van der Waals surface area contributed by atoms with E-state index in [1.165, 1.54) is 11.3 Å². The average molecular weight is 247 g/mol. The number of carbonyl (C=O) groups excluding carboxylic acids is 1. The van der Waals surface area contributed by atoms with Crippen LogP contribution in [0, 0.1) is 0 Å². The zero-order valence-corrected chi connectivity index (χ0v) is 11.1. The van der Waals surface area contributed by atoms with Gasteiger partial charge >= 0.3 is 0 Å². The van der Waals surface area contributed by atoms with Gasteiger partial charge in [-0.2, -0.15) is 0 Å². The Morgan fingerprint density at radius 1 is 1.28 bits per heavy atom. The maximum atomic E-state index is 11.8. The van der Waals surface area contributed by atoms with Gasteiger partial charge in [0.15, 0.2) is 0 Å². The molecule has 0 atom stereocenters. The Morgan fingerprint density at radius 2 is 2.06 bits per heavy atom. The smallest absolute Gasteiger partial charge is 0.241 e. The van der Waals surface area contributed by atoms with Gasteiger partial charge < -0.3 is 15.1 Å². The van der Waals surface area contributed by atoms with Crippen LogP contribution in [-0.2, 0) is 11.3 Å². The summed E-state index contributed by atoms with van der Waals surface area (Å²) in [7, 11) is 1.87. The van der Waals surface area contributed by atoms with Gasteiger partial charge in [-0.25, -0.2) is 0 Å². The molecule has 1 fully saturated rings. The van der Waals surface area contributed by atoms with Gasteiger partial charge in [0.1, 0.15) is 0 Å². The number of likely N-dealkylation sites (N-methyl/N-ethyl adjacent to an activating group) is 1. The summed E-state index contributed by atoms with van der Waals surface area (Å²) in [5, 5.41) is 3.34. The van der Waals surface area contributed by atoms with Crippen LogP contribution in [0.5, 0.6) is 0 Å². The number of anilines is 1. The summed E-state index contributed by atoms with van der Waals surface area (Å²) in [6.07, 6.45) is 0. The third kappa shape index (κ3) is 2.82. The summed E-state index contributed by atoms with van der Waals surface area (Å²) in [5.74, 6) is 0.194. The molecule has 4 nitrogen and oxygen atoms in total. The van der Waals surface area contributed by atoms with Gasteiger partial charge in [0.05, 0.1) is 6.54 Å². The highest BCUT2D eigenvalue weighted by molar-refractivity contribution is 5.82. The molecule has 1 aliphatic heterocycles. The predicted octanol–water partition coefficient (Wildman–Crippen LogP) is 1.07. The van der Waals surface area contributed by atoms with Crippen molar-refractivity contribution >= 4 is 11.6 Å². The van der Waals surface area contributed by atoms with E-state index in [1.807, 2.05) is 19.2 Å². The fraction of sp³-hybridized carbons (Fsp3) is 0.500. The lowest BCUT2D eigenvalue weighted by molar-refractivity contribution is -0.129. The molecule has 1 aromatic carbocycles. The number of hydrogen-bond acceptors (Lipinski definition) is 3. The first kappa shape index (κ1) is 12.9. The second-order valence-corrected chi connectivity index (χ2v) is 4.65. The number of benzene rings is 1. The van der Waals surface area contributed by atoms with Gasteiger partial charge in [0.25, 0.3) is 0 Å². The molecule has 0 aromatic heterocycles. The molecular weight excluding hydrogens is 226 g/mol. The molecule has 1 aromatic rings. The maximum Gasteiger partial charge on any atom is 0.241 e. The van der Waals surface area contributed by atoms with Crippen LogP contribution in [0.1, 0.15) is 12.5 Å². The Kier molecular flexibility index (Phi) is 4.20. The van der Waals surface area contributed by atoms with Gasteiger partial charge in [-0.15, -0.1) is 0 Å². The lowest BCUT2D eigenvalue weighted by atomic mass is 10.1. The zero-order valence-electron chi connectivity index (χ0n) is 11.1. The number of piperazine rings is 1. The summed E-state index contributed by atoms with van der Waals surface area (Å²) < 4.78 is 0. The SMILES string of the molecule is CCNCc1ccccc1N1CCN(C)C(=O)C1. The fourth-order valence-corrected chi connectivity index (χ4v) is 2.19. The molecule has 0 radical (unpaired) electrons. The Balaban J connectivity index is 2.14. The van der Waals surface area contributed by atoms with Gasteiger partial charge in [-0.3, -0.25) is 4.79 Å². The quantitative estimate of drug-likeness (QED) is 0.864. The molecule has 98 valence electrons. The number of carbonyl (C=O) groups is 1. The predicted molar refractivity (Wildman–Crippen MR) is 73.7 cm³/mol. The van der Waals surface area contributed by atoms with E-state index in [-0.39, 0.29) is 5.91 Å². The minimum Gasteiger partial charge on any atom is -0.360 e. The molecule has 18 heavy (non-hydrogen) atoms. The largest absolute Gasteiger partial charge is 0.360 e. The number of nitrogens with zero attached hydrogens (tertiary/aromatic N) is 2. The van der Waals surface area contributed by atoms with E-state index in [0.717, 1.165) is 26.2 Å². The van der Waals surface area contributed by atoms with Crippen LogP contribution >= 0.6 is 0 Å². The van der Waals surface area contributed by atoms with Crippen LogP contribution < -0.4 is 10.2 Å². The van der Waals surface area contributed by atoms with E-state index in [1.54, 1.807) is 4.90 Å². The Bertz CT molecular complexity index is 419. The van der Waals surface area contributed by atoms with Crippen molar-refractivity contribution in [3.63, 3.8) is 0 Å². The third-order valence-corrected chi connectivity index (χ3v) is 3.35. The third-order valence-electron chi connectivity index (χ3n) is 3.35. The lowest BCUT2D eigenvalue weighted by Crippen LogP contribution is -2.48. The van der Waals surface area contributed by atoms with Crippen molar-refractivity contribution in [1.82, 2.24) is 10.2 Å². The standard InChI is InChI=1S/C14H21N3O/c1-3-15-10-12-6-4-5-7-13(12)17-9-8-16(2)14(18)11-17/h4-7,15H,3,8-11H2,1-2H3. The van der Waals surface area contributed by atoms with Crippen LogP contribution in [0.4, 0.5) is 5.69 Å². The first-order valence-corrected chi connectivity index (χ1v) is 6.50. The summed E-state index contributed by atoms with van der Waals surface area (Å²) >= 11 is 0. The van der Waals surface area contributed by atoms with Crippen molar-refractivity contribution in [2.45, 2.75) is 13.5 Å². The van der Waals surface area contributed by atoms with Gasteiger partial charge in [0.2, 0.25) is 5.91 Å².